The highest BCUT2D eigenvalue weighted by atomic mass is 79.9. The summed E-state index contributed by atoms with van der Waals surface area (Å²) in [6.07, 6.45) is 0. The largest absolute Gasteiger partial charge is 0.477 e. The molecule has 0 amide bonds. The van der Waals surface area contributed by atoms with E-state index < -0.39 is 21.8 Å². The maximum absolute atomic E-state index is 13.1. The zero-order valence-electron chi connectivity index (χ0n) is 9.93. The number of carboxylic acids is 1. The summed E-state index contributed by atoms with van der Waals surface area (Å²) < 4.78 is 39.7. The summed E-state index contributed by atoms with van der Waals surface area (Å²) in [7, 11) is -4.02. The molecule has 0 aliphatic rings. The van der Waals surface area contributed by atoms with Crippen molar-refractivity contribution >= 4 is 60.5 Å². The fourth-order valence-electron chi connectivity index (χ4n) is 1.40. The third-order valence-electron chi connectivity index (χ3n) is 2.34. The molecule has 10 heteroatoms. The van der Waals surface area contributed by atoms with Gasteiger partial charge in [0.2, 0.25) is 0 Å². The van der Waals surface area contributed by atoms with E-state index in [1.54, 1.807) is 0 Å². The lowest BCUT2D eigenvalue weighted by molar-refractivity contribution is 0.0702. The van der Waals surface area contributed by atoms with E-state index in [1.165, 1.54) is 5.38 Å². The van der Waals surface area contributed by atoms with Crippen LogP contribution < -0.4 is 4.72 Å². The van der Waals surface area contributed by atoms with Gasteiger partial charge in [-0.3, -0.25) is 4.72 Å². The highest BCUT2D eigenvalue weighted by Crippen LogP contribution is 2.34. The SMILES string of the molecule is O=C(O)c1cc(S(=O)(=O)Nc2c(Cl)cc(F)cc2Br)cs1. The van der Waals surface area contributed by atoms with Crippen molar-refractivity contribution in [2.75, 3.05) is 4.72 Å². The van der Waals surface area contributed by atoms with E-state index in [2.05, 4.69) is 20.7 Å². The van der Waals surface area contributed by atoms with Gasteiger partial charge >= 0.3 is 5.97 Å². The van der Waals surface area contributed by atoms with Gasteiger partial charge in [0, 0.05) is 9.85 Å². The molecule has 2 rings (SSSR count). The molecule has 1 heterocycles. The Kier molecular flexibility index (Phi) is 4.57. The van der Waals surface area contributed by atoms with Crippen molar-refractivity contribution in [2.45, 2.75) is 4.90 Å². The molecule has 0 aliphatic heterocycles. The normalized spacial score (nSPS) is 11.4. The standard InChI is InChI=1S/C11H6BrClFNO4S2/c12-7-1-5(14)2-8(13)10(7)15-21(18,19)6-3-9(11(16)17)20-4-6/h1-4,15H,(H,16,17). The molecule has 0 spiro atoms. The van der Waals surface area contributed by atoms with Gasteiger partial charge in [0.15, 0.2) is 0 Å². The molecule has 0 fully saturated rings. The number of thiophene rings is 1. The van der Waals surface area contributed by atoms with Crippen molar-refractivity contribution in [3.05, 3.63) is 43.8 Å². The third-order valence-corrected chi connectivity index (χ3v) is 5.66. The second kappa shape index (κ2) is 5.91. The van der Waals surface area contributed by atoms with E-state index in [0.29, 0.717) is 0 Å². The van der Waals surface area contributed by atoms with Crippen LogP contribution in [0.5, 0.6) is 0 Å². The first-order valence-corrected chi connectivity index (χ1v) is 8.73. The van der Waals surface area contributed by atoms with E-state index >= 15 is 0 Å². The van der Waals surface area contributed by atoms with Crippen molar-refractivity contribution in [1.82, 2.24) is 0 Å². The molecule has 1 aromatic heterocycles. The Balaban J connectivity index is 2.40. The van der Waals surface area contributed by atoms with Crippen LogP contribution in [0.15, 0.2) is 32.9 Å². The topological polar surface area (TPSA) is 83.5 Å². The molecule has 5 nitrogen and oxygen atoms in total. The lowest BCUT2D eigenvalue weighted by atomic mass is 10.3. The summed E-state index contributed by atoms with van der Waals surface area (Å²) in [4.78, 5) is 10.4. The summed E-state index contributed by atoms with van der Waals surface area (Å²) in [5.74, 6) is -1.85. The van der Waals surface area contributed by atoms with Gasteiger partial charge in [-0.1, -0.05) is 11.6 Å². The summed E-state index contributed by atoms with van der Waals surface area (Å²) in [5.41, 5.74) is -0.0267. The van der Waals surface area contributed by atoms with Crippen molar-refractivity contribution in [1.29, 1.82) is 0 Å². The number of hydrogen-bond acceptors (Lipinski definition) is 4. The Morgan fingerprint density at radius 1 is 1.38 bits per heavy atom. The van der Waals surface area contributed by atoms with Crippen LogP contribution in [0.3, 0.4) is 0 Å². The van der Waals surface area contributed by atoms with E-state index in [9.17, 15) is 17.6 Å². The number of sulfonamides is 1. The van der Waals surface area contributed by atoms with Crippen LogP contribution in [0.2, 0.25) is 5.02 Å². The van der Waals surface area contributed by atoms with E-state index in [0.717, 1.165) is 29.5 Å². The number of nitrogens with one attached hydrogen (secondary N) is 1. The minimum Gasteiger partial charge on any atom is -0.477 e. The van der Waals surface area contributed by atoms with E-state index in [4.69, 9.17) is 16.7 Å². The van der Waals surface area contributed by atoms with Crippen LogP contribution >= 0.6 is 38.9 Å². The summed E-state index contributed by atoms with van der Waals surface area (Å²) in [6, 6.07) is 3.04. The predicted molar refractivity (Wildman–Crippen MR) is 81.2 cm³/mol. The van der Waals surface area contributed by atoms with Crippen LogP contribution in [0, 0.1) is 5.82 Å². The smallest absolute Gasteiger partial charge is 0.345 e. The van der Waals surface area contributed by atoms with Crippen LogP contribution in [0.1, 0.15) is 9.67 Å². The number of hydrogen-bond donors (Lipinski definition) is 2. The summed E-state index contributed by atoms with van der Waals surface area (Å²) in [6.45, 7) is 0. The quantitative estimate of drug-likeness (QED) is 0.797. The molecule has 0 saturated heterocycles. The van der Waals surface area contributed by atoms with Crippen LogP contribution in [-0.2, 0) is 10.0 Å². The van der Waals surface area contributed by atoms with Crippen LogP contribution in [-0.4, -0.2) is 19.5 Å². The molecule has 2 N–H and O–H groups in total. The molecule has 0 radical (unpaired) electrons. The molecule has 0 bridgehead atoms. The van der Waals surface area contributed by atoms with Crippen LogP contribution in [0.25, 0.3) is 0 Å². The van der Waals surface area contributed by atoms with Gasteiger partial charge in [0.25, 0.3) is 10.0 Å². The van der Waals surface area contributed by atoms with Gasteiger partial charge < -0.3 is 5.11 Å². The van der Waals surface area contributed by atoms with Crippen molar-refractivity contribution in [3.63, 3.8) is 0 Å². The molecular formula is C11H6BrClFNO4S2. The molecule has 21 heavy (non-hydrogen) atoms. The monoisotopic (exact) mass is 413 g/mol. The minimum absolute atomic E-state index is 0.0267. The second-order valence-electron chi connectivity index (χ2n) is 3.80. The Bertz CT molecular complexity index is 798. The fraction of sp³-hybridized carbons (Fsp3) is 0. The van der Waals surface area contributed by atoms with E-state index in [1.807, 2.05) is 0 Å². The molecule has 0 saturated carbocycles. The van der Waals surface area contributed by atoms with Gasteiger partial charge in [-0.05, 0) is 34.1 Å². The van der Waals surface area contributed by atoms with Crippen molar-refractivity contribution < 1.29 is 22.7 Å². The van der Waals surface area contributed by atoms with Crippen molar-refractivity contribution in [3.8, 4) is 0 Å². The van der Waals surface area contributed by atoms with Crippen LogP contribution in [0.4, 0.5) is 10.1 Å². The van der Waals surface area contributed by atoms with Gasteiger partial charge in [0.1, 0.15) is 10.7 Å². The van der Waals surface area contributed by atoms with Gasteiger partial charge in [-0.25, -0.2) is 17.6 Å². The third kappa shape index (κ3) is 3.54. The number of carbonyl (C=O) groups is 1. The first kappa shape index (κ1) is 16.2. The Hall–Kier alpha value is -1.16. The van der Waals surface area contributed by atoms with Gasteiger partial charge in [-0.2, -0.15) is 0 Å². The molecule has 1 aromatic carbocycles. The second-order valence-corrected chi connectivity index (χ2v) is 7.66. The zero-order valence-corrected chi connectivity index (χ0v) is 13.9. The maximum Gasteiger partial charge on any atom is 0.345 e. The highest BCUT2D eigenvalue weighted by molar-refractivity contribution is 9.10. The average Bonchev–Trinajstić information content (AvgIpc) is 2.84. The Labute approximate surface area is 136 Å². The van der Waals surface area contributed by atoms with Gasteiger partial charge in [0.05, 0.1) is 15.6 Å². The number of rotatable bonds is 4. The maximum atomic E-state index is 13.1. The molecule has 0 aliphatic carbocycles. The minimum atomic E-state index is -4.02. The first-order valence-electron chi connectivity index (χ1n) is 5.20. The lowest BCUT2D eigenvalue weighted by Gasteiger charge is -2.10. The fourth-order valence-corrected chi connectivity index (χ4v) is 4.70. The highest BCUT2D eigenvalue weighted by Gasteiger charge is 2.21. The molecule has 0 atom stereocenters. The summed E-state index contributed by atoms with van der Waals surface area (Å²) in [5, 5.41) is 9.86. The lowest BCUT2D eigenvalue weighted by Crippen LogP contribution is -2.13. The summed E-state index contributed by atoms with van der Waals surface area (Å²) >= 11 is 9.59. The van der Waals surface area contributed by atoms with Gasteiger partial charge in [-0.15, -0.1) is 11.3 Å². The molecule has 2 aromatic rings. The number of aromatic carboxylic acids is 1. The van der Waals surface area contributed by atoms with Crippen molar-refractivity contribution in [2.24, 2.45) is 0 Å². The number of halogens is 3. The Morgan fingerprint density at radius 3 is 2.57 bits per heavy atom. The predicted octanol–water partition coefficient (Wildman–Crippen LogP) is 3.80. The first-order chi connectivity index (χ1) is 9.70. The number of benzene rings is 1. The Morgan fingerprint density at radius 2 is 2.05 bits per heavy atom. The van der Waals surface area contributed by atoms with E-state index in [-0.39, 0.29) is 25.0 Å². The molecule has 0 unspecified atom stereocenters. The molecular weight excluding hydrogens is 409 g/mol. The zero-order chi connectivity index (χ0) is 15.8. The molecule has 112 valence electrons. The number of anilines is 1. The number of carboxylic acid groups (broad SMARTS) is 1. The average molecular weight is 415 g/mol.